The maximum absolute atomic E-state index is 12.4. The van der Waals surface area contributed by atoms with Gasteiger partial charge in [-0.15, -0.1) is 0 Å². The summed E-state index contributed by atoms with van der Waals surface area (Å²) in [6.45, 7) is 4.51. The zero-order valence-corrected chi connectivity index (χ0v) is 12.9. The summed E-state index contributed by atoms with van der Waals surface area (Å²) in [6.07, 6.45) is 7.80. The highest BCUT2D eigenvalue weighted by Crippen LogP contribution is 2.25. The Labute approximate surface area is 127 Å². The highest BCUT2D eigenvalue weighted by molar-refractivity contribution is 5.79. The molecule has 2 rings (SSSR count). The molecule has 5 heteroatoms. The second-order valence-electron chi connectivity index (χ2n) is 6.35. The lowest BCUT2D eigenvalue weighted by molar-refractivity contribution is -0.139. The SMILES string of the molecule is O=C(O)CCCCN1CCN(C(=O)C2CCCCC2)CC1. The Kier molecular flexibility index (Phi) is 6.49. The summed E-state index contributed by atoms with van der Waals surface area (Å²) in [5, 5.41) is 8.61. The van der Waals surface area contributed by atoms with E-state index in [4.69, 9.17) is 5.11 Å². The van der Waals surface area contributed by atoms with Crippen molar-refractivity contribution in [3.8, 4) is 0 Å². The van der Waals surface area contributed by atoms with Crippen LogP contribution in [0, 0.1) is 5.92 Å². The van der Waals surface area contributed by atoms with E-state index in [0.717, 1.165) is 58.4 Å². The molecule has 5 nitrogen and oxygen atoms in total. The largest absolute Gasteiger partial charge is 0.481 e. The number of piperazine rings is 1. The van der Waals surface area contributed by atoms with Gasteiger partial charge in [0.1, 0.15) is 0 Å². The minimum atomic E-state index is -0.710. The van der Waals surface area contributed by atoms with E-state index < -0.39 is 5.97 Å². The first kappa shape index (κ1) is 16.3. The quantitative estimate of drug-likeness (QED) is 0.761. The van der Waals surface area contributed by atoms with Gasteiger partial charge in [0.25, 0.3) is 0 Å². The Morgan fingerprint density at radius 2 is 1.62 bits per heavy atom. The molecule has 120 valence electrons. The zero-order chi connectivity index (χ0) is 15.1. The summed E-state index contributed by atoms with van der Waals surface area (Å²) in [4.78, 5) is 27.3. The zero-order valence-electron chi connectivity index (χ0n) is 12.9. The number of unbranched alkanes of at least 4 members (excludes halogenated alkanes) is 1. The summed E-state index contributed by atoms with van der Waals surface area (Å²) in [7, 11) is 0. The van der Waals surface area contributed by atoms with Crippen LogP contribution in [-0.4, -0.2) is 59.5 Å². The van der Waals surface area contributed by atoms with E-state index in [2.05, 4.69) is 4.90 Å². The Bertz CT molecular complexity index is 345. The standard InChI is InChI=1S/C16H28N2O3/c19-15(20)8-4-5-9-17-10-12-18(13-11-17)16(21)14-6-2-1-3-7-14/h14H,1-13H2,(H,19,20). The lowest BCUT2D eigenvalue weighted by Gasteiger charge is -2.37. The van der Waals surface area contributed by atoms with E-state index in [1.807, 2.05) is 4.90 Å². The molecule has 1 saturated carbocycles. The third-order valence-corrected chi connectivity index (χ3v) is 4.75. The minimum Gasteiger partial charge on any atom is -0.481 e. The van der Waals surface area contributed by atoms with Crippen LogP contribution in [0.3, 0.4) is 0 Å². The van der Waals surface area contributed by atoms with Crippen LogP contribution in [0.5, 0.6) is 0 Å². The molecule has 2 fully saturated rings. The summed E-state index contributed by atoms with van der Waals surface area (Å²) in [6, 6.07) is 0. The smallest absolute Gasteiger partial charge is 0.303 e. The predicted molar refractivity (Wildman–Crippen MR) is 81.1 cm³/mol. The van der Waals surface area contributed by atoms with Gasteiger partial charge in [-0.1, -0.05) is 19.3 Å². The van der Waals surface area contributed by atoms with Crippen LogP contribution in [0.1, 0.15) is 51.4 Å². The van der Waals surface area contributed by atoms with E-state index >= 15 is 0 Å². The monoisotopic (exact) mass is 296 g/mol. The normalized spacial score (nSPS) is 21.4. The van der Waals surface area contributed by atoms with Gasteiger partial charge in [-0.25, -0.2) is 0 Å². The number of rotatable bonds is 6. The van der Waals surface area contributed by atoms with Gasteiger partial charge in [0.15, 0.2) is 0 Å². The van der Waals surface area contributed by atoms with Gasteiger partial charge in [0.2, 0.25) is 5.91 Å². The van der Waals surface area contributed by atoms with Crippen molar-refractivity contribution in [2.75, 3.05) is 32.7 Å². The van der Waals surface area contributed by atoms with Crippen LogP contribution in [0.4, 0.5) is 0 Å². The summed E-state index contributed by atoms with van der Waals surface area (Å²) < 4.78 is 0. The second kappa shape index (κ2) is 8.37. The topological polar surface area (TPSA) is 60.9 Å². The Morgan fingerprint density at radius 1 is 0.952 bits per heavy atom. The molecule has 0 unspecified atom stereocenters. The maximum atomic E-state index is 12.4. The molecule has 0 bridgehead atoms. The third-order valence-electron chi connectivity index (χ3n) is 4.75. The van der Waals surface area contributed by atoms with Crippen molar-refractivity contribution in [2.24, 2.45) is 5.92 Å². The molecule has 1 aliphatic heterocycles. The first-order valence-electron chi connectivity index (χ1n) is 8.40. The summed E-state index contributed by atoms with van der Waals surface area (Å²) in [5.41, 5.74) is 0. The van der Waals surface area contributed by atoms with Gasteiger partial charge in [-0.2, -0.15) is 0 Å². The molecule has 1 amide bonds. The number of amides is 1. The minimum absolute atomic E-state index is 0.264. The van der Waals surface area contributed by atoms with Crippen molar-refractivity contribution in [3.63, 3.8) is 0 Å². The number of carboxylic acid groups (broad SMARTS) is 1. The molecule has 0 aromatic heterocycles. The molecule has 1 saturated heterocycles. The third kappa shape index (κ3) is 5.30. The second-order valence-corrected chi connectivity index (χ2v) is 6.35. The van der Waals surface area contributed by atoms with Crippen LogP contribution in [0.25, 0.3) is 0 Å². The van der Waals surface area contributed by atoms with Gasteiger partial charge in [0.05, 0.1) is 0 Å². The molecule has 0 atom stereocenters. The van der Waals surface area contributed by atoms with Crippen LogP contribution in [-0.2, 0) is 9.59 Å². The molecule has 0 aromatic carbocycles. The van der Waals surface area contributed by atoms with E-state index in [-0.39, 0.29) is 12.3 Å². The Balaban J connectivity index is 1.63. The lowest BCUT2D eigenvalue weighted by Crippen LogP contribution is -2.50. The molecular weight excluding hydrogens is 268 g/mol. The van der Waals surface area contributed by atoms with Crippen molar-refractivity contribution in [3.05, 3.63) is 0 Å². The molecule has 1 aliphatic carbocycles. The van der Waals surface area contributed by atoms with E-state index in [0.29, 0.717) is 5.91 Å². The van der Waals surface area contributed by atoms with Crippen molar-refractivity contribution in [2.45, 2.75) is 51.4 Å². The number of carbonyl (C=O) groups excluding carboxylic acids is 1. The van der Waals surface area contributed by atoms with Gasteiger partial charge >= 0.3 is 5.97 Å². The average molecular weight is 296 g/mol. The van der Waals surface area contributed by atoms with E-state index in [9.17, 15) is 9.59 Å². The molecule has 2 aliphatic rings. The van der Waals surface area contributed by atoms with Crippen LogP contribution in [0.15, 0.2) is 0 Å². The molecule has 1 heterocycles. The first-order valence-corrected chi connectivity index (χ1v) is 8.40. The van der Waals surface area contributed by atoms with Crippen molar-refractivity contribution >= 4 is 11.9 Å². The molecule has 21 heavy (non-hydrogen) atoms. The van der Waals surface area contributed by atoms with Crippen molar-refractivity contribution in [1.82, 2.24) is 9.80 Å². The molecule has 1 N–H and O–H groups in total. The van der Waals surface area contributed by atoms with Crippen LogP contribution >= 0.6 is 0 Å². The fraction of sp³-hybridized carbons (Fsp3) is 0.875. The van der Waals surface area contributed by atoms with Crippen molar-refractivity contribution in [1.29, 1.82) is 0 Å². The number of hydrogen-bond acceptors (Lipinski definition) is 3. The predicted octanol–water partition coefficient (Wildman–Crippen LogP) is 1.97. The Hall–Kier alpha value is -1.10. The number of carboxylic acids is 1. The van der Waals surface area contributed by atoms with E-state index in [1.54, 1.807) is 0 Å². The first-order chi connectivity index (χ1) is 10.2. The fourth-order valence-electron chi connectivity index (χ4n) is 3.41. The van der Waals surface area contributed by atoms with Gasteiger partial charge < -0.3 is 10.0 Å². The van der Waals surface area contributed by atoms with Crippen LogP contribution < -0.4 is 0 Å². The maximum Gasteiger partial charge on any atom is 0.303 e. The van der Waals surface area contributed by atoms with Gasteiger partial charge in [-0.3, -0.25) is 14.5 Å². The average Bonchev–Trinajstić information content (AvgIpc) is 2.52. The van der Waals surface area contributed by atoms with Gasteiger partial charge in [-0.05, 0) is 32.2 Å². The number of carbonyl (C=O) groups is 2. The summed E-state index contributed by atoms with van der Waals surface area (Å²) in [5.74, 6) is -0.0565. The fourth-order valence-corrected chi connectivity index (χ4v) is 3.41. The van der Waals surface area contributed by atoms with Crippen molar-refractivity contribution < 1.29 is 14.7 Å². The van der Waals surface area contributed by atoms with E-state index in [1.165, 1.54) is 19.3 Å². The van der Waals surface area contributed by atoms with Gasteiger partial charge in [0, 0.05) is 38.5 Å². The number of aliphatic carboxylic acids is 1. The molecule has 0 spiro atoms. The Morgan fingerprint density at radius 3 is 2.24 bits per heavy atom. The number of hydrogen-bond donors (Lipinski definition) is 1. The number of nitrogens with zero attached hydrogens (tertiary/aromatic N) is 2. The molecule has 0 aromatic rings. The molecule has 0 radical (unpaired) electrons. The summed E-state index contributed by atoms with van der Waals surface area (Å²) >= 11 is 0. The highest BCUT2D eigenvalue weighted by atomic mass is 16.4. The lowest BCUT2D eigenvalue weighted by atomic mass is 9.88. The highest BCUT2D eigenvalue weighted by Gasteiger charge is 2.28. The van der Waals surface area contributed by atoms with Crippen LogP contribution in [0.2, 0.25) is 0 Å². The molecular formula is C16H28N2O3.